The number of rotatable bonds is 6. The first-order valence-electron chi connectivity index (χ1n) is 5.19. The summed E-state index contributed by atoms with van der Waals surface area (Å²) >= 11 is 0. The van der Waals surface area contributed by atoms with Crippen LogP contribution in [0.5, 0.6) is 0 Å². The van der Waals surface area contributed by atoms with Gasteiger partial charge in [0, 0.05) is 0 Å². The molecule has 0 saturated heterocycles. The van der Waals surface area contributed by atoms with Crippen molar-refractivity contribution in [1.29, 1.82) is 0 Å². The molecule has 0 aromatic rings. The fourth-order valence-corrected chi connectivity index (χ4v) is 1.46. The van der Waals surface area contributed by atoms with Gasteiger partial charge in [0.25, 0.3) is 0 Å². The van der Waals surface area contributed by atoms with Crippen LogP contribution in [0.15, 0.2) is 0 Å². The van der Waals surface area contributed by atoms with E-state index < -0.39 is 6.29 Å². The van der Waals surface area contributed by atoms with E-state index >= 15 is 0 Å². The predicted octanol–water partition coefficient (Wildman–Crippen LogP) is 2.95. The minimum atomic E-state index is -0.658. The molecule has 0 fully saturated rings. The zero-order chi connectivity index (χ0) is 10.5. The second kappa shape index (κ2) is 5.61. The molecule has 0 heterocycles. The Balaban J connectivity index is 3.62. The van der Waals surface area contributed by atoms with Crippen molar-refractivity contribution in [2.75, 3.05) is 0 Å². The second-order valence-corrected chi connectivity index (χ2v) is 4.76. The number of hydrogen-bond donors (Lipinski definition) is 1. The van der Waals surface area contributed by atoms with Crippen molar-refractivity contribution in [2.45, 2.75) is 65.8 Å². The maximum absolute atomic E-state index is 9.07. The average molecular weight is 188 g/mol. The minimum Gasteiger partial charge on any atom is -0.368 e. The molecule has 0 amide bonds. The molecule has 2 heteroatoms. The first-order valence-corrected chi connectivity index (χ1v) is 5.19. The Hall–Kier alpha value is -0.0800. The summed E-state index contributed by atoms with van der Waals surface area (Å²) in [4.78, 5) is 0. The van der Waals surface area contributed by atoms with Gasteiger partial charge < -0.3 is 9.84 Å². The van der Waals surface area contributed by atoms with Gasteiger partial charge in [-0.05, 0) is 33.1 Å². The van der Waals surface area contributed by atoms with E-state index in [0.29, 0.717) is 0 Å². The van der Waals surface area contributed by atoms with E-state index in [0.717, 1.165) is 18.8 Å². The molecule has 1 atom stereocenters. The van der Waals surface area contributed by atoms with Crippen LogP contribution in [0.25, 0.3) is 0 Å². The van der Waals surface area contributed by atoms with Gasteiger partial charge in [-0.2, -0.15) is 0 Å². The van der Waals surface area contributed by atoms with Gasteiger partial charge in [0.15, 0.2) is 6.29 Å². The summed E-state index contributed by atoms with van der Waals surface area (Å²) in [6, 6.07) is 0. The minimum absolute atomic E-state index is 0.191. The van der Waals surface area contributed by atoms with Gasteiger partial charge in [-0.3, -0.25) is 0 Å². The quantitative estimate of drug-likeness (QED) is 0.649. The van der Waals surface area contributed by atoms with E-state index in [1.807, 2.05) is 13.8 Å². The van der Waals surface area contributed by atoms with Crippen LogP contribution in [0, 0.1) is 5.92 Å². The molecular formula is C11H24O2. The van der Waals surface area contributed by atoms with Gasteiger partial charge in [0.1, 0.15) is 0 Å². The van der Waals surface area contributed by atoms with Crippen LogP contribution in [-0.4, -0.2) is 17.0 Å². The van der Waals surface area contributed by atoms with Crippen LogP contribution in [0.1, 0.15) is 53.9 Å². The zero-order valence-corrected chi connectivity index (χ0v) is 9.63. The Labute approximate surface area is 82.3 Å². The van der Waals surface area contributed by atoms with Gasteiger partial charge in [0.2, 0.25) is 0 Å². The van der Waals surface area contributed by atoms with E-state index in [9.17, 15) is 0 Å². The molecule has 0 bridgehead atoms. The van der Waals surface area contributed by atoms with E-state index in [4.69, 9.17) is 9.84 Å². The molecule has 0 aliphatic carbocycles. The first kappa shape index (κ1) is 12.9. The van der Waals surface area contributed by atoms with Crippen LogP contribution in [0.2, 0.25) is 0 Å². The highest BCUT2D eigenvalue weighted by molar-refractivity contribution is 4.68. The van der Waals surface area contributed by atoms with Crippen LogP contribution in [-0.2, 0) is 4.74 Å². The summed E-state index contributed by atoms with van der Waals surface area (Å²) in [6.45, 7) is 10.2. The smallest absolute Gasteiger partial charge is 0.152 e. The van der Waals surface area contributed by atoms with Gasteiger partial charge in [-0.25, -0.2) is 0 Å². The highest BCUT2D eigenvalue weighted by Crippen LogP contribution is 2.20. The Bertz CT molecular complexity index is 128. The van der Waals surface area contributed by atoms with Crippen molar-refractivity contribution < 1.29 is 9.84 Å². The number of aliphatic hydroxyl groups excluding tert-OH is 1. The largest absolute Gasteiger partial charge is 0.368 e. The Morgan fingerprint density at radius 2 is 1.77 bits per heavy atom. The highest BCUT2D eigenvalue weighted by Gasteiger charge is 2.19. The summed E-state index contributed by atoms with van der Waals surface area (Å²) in [5, 5.41) is 9.07. The Morgan fingerprint density at radius 1 is 1.23 bits per heavy atom. The lowest BCUT2D eigenvalue weighted by atomic mass is 9.97. The van der Waals surface area contributed by atoms with Crippen LogP contribution in [0.3, 0.4) is 0 Å². The molecule has 1 unspecified atom stereocenters. The lowest BCUT2D eigenvalue weighted by molar-refractivity contribution is -0.164. The van der Waals surface area contributed by atoms with Crippen molar-refractivity contribution >= 4 is 0 Å². The maximum Gasteiger partial charge on any atom is 0.152 e. The molecule has 13 heavy (non-hydrogen) atoms. The topological polar surface area (TPSA) is 29.5 Å². The van der Waals surface area contributed by atoms with E-state index in [1.54, 1.807) is 6.92 Å². The Kier molecular flexibility index (Phi) is 5.57. The van der Waals surface area contributed by atoms with Crippen molar-refractivity contribution in [3.05, 3.63) is 0 Å². The van der Waals surface area contributed by atoms with Gasteiger partial charge in [-0.1, -0.05) is 26.7 Å². The zero-order valence-electron chi connectivity index (χ0n) is 9.63. The first-order chi connectivity index (χ1) is 5.83. The fraction of sp³-hybridized carbons (Fsp3) is 1.00. The lowest BCUT2D eigenvalue weighted by Crippen LogP contribution is -2.29. The van der Waals surface area contributed by atoms with Crippen molar-refractivity contribution in [1.82, 2.24) is 0 Å². The summed E-state index contributed by atoms with van der Waals surface area (Å²) in [5.41, 5.74) is -0.191. The molecule has 0 aromatic carbocycles. The number of ether oxygens (including phenoxy) is 1. The summed E-state index contributed by atoms with van der Waals surface area (Å²) in [7, 11) is 0. The molecule has 2 nitrogen and oxygen atoms in total. The molecule has 0 aliphatic rings. The van der Waals surface area contributed by atoms with Gasteiger partial charge >= 0.3 is 0 Å². The third-order valence-electron chi connectivity index (χ3n) is 2.05. The van der Waals surface area contributed by atoms with Crippen molar-refractivity contribution in [2.24, 2.45) is 5.92 Å². The molecule has 0 aliphatic heterocycles. The molecular weight excluding hydrogens is 164 g/mol. The third-order valence-corrected chi connectivity index (χ3v) is 2.05. The monoisotopic (exact) mass is 188 g/mol. The molecule has 80 valence electrons. The van der Waals surface area contributed by atoms with Gasteiger partial charge in [0.05, 0.1) is 5.60 Å². The van der Waals surface area contributed by atoms with Gasteiger partial charge in [-0.15, -0.1) is 0 Å². The molecule has 1 N–H and O–H groups in total. The number of aliphatic hydroxyl groups is 1. The second-order valence-electron chi connectivity index (χ2n) is 4.76. The molecule has 0 spiro atoms. The van der Waals surface area contributed by atoms with Crippen LogP contribution >= 0.6 is 0 Å². The van der Waals surface area contributed by atoms with E-state index in [-0.39, 0.29) is 5.60 Å². The van der Waals surface area contributed by atoms with E-state index in [1.165, 1.54) is 6.42 Å². The Morgan fingerprint density at radius 3 is 2.15 bits per heavy atom. The molecule has 0 saturated carbocycles. The van der Waals surface area contributed by atoms with Crippen molar-refractivity contribution in [3.8, 4) is 0 Å². The van der Waals surface area contributed by atoms with E-state index in [2.05, 4.69) is 13.8 Å². The number of hydrogen-bond acceptors (Lipinski definition) is 2. The fourth-order valence-electron chi connectivity index (χ4n) is 1.46. The highest BCUT2D eigenvalue weighted by atomic mass is 16.6. The maximum atomic E-state index is 9.07. The SMILES string of the molecule is CC(C)CCCC(C)(C)OC(C)O. The standard InChI is InChI=1S/C11H24O2/c1-9(2)7-6-8-11(4,5)13-10(3)12/h9-10,12H,6-8H2,1-5H3. The average Bonchev–Trinajstić information content (AvgIpc) is 1.81. The third kappa shape index (κ3) is 8.26. The normalized spacial score (nSPS) is 15.0. The molecule has 0 rings (SSSR count). The summed E-state index contributed by atoms with van der Waals surface area (Å²) in [5.74, 6) is 0.752. The lowest BCUT2D eigenvalue weighted by Gasteiger charge is -2.27. The predicted molar refractivity (Wildman–Crippen MR) is 55.5 cm³/mol. The molecule has 0 aromatic heterocycles. The molecule has 0 radical (unpaired) electrons. The van der Waals surface area contributed by atoms with Crippen LogP contribution < -0.4 is 0 Å². The summed E-state index contributed by atoms with van der Waals surface area (Å²) in [6.07, 6.45) is 2.74. The summed E-state index contributed by atoms with van der Waals surface area (Å²) < 4.78 is 5.38. The van der Waals surface area contributed by atoms with Crippen LogP contribution in [0.4, 0.5) is 0 Å². The van der Waals surface area contributed by atoms with Crippen molar-refractivity contribution in [3.63, 3.8) is 0 Å².